The molecule has 2 amide bonds. The topological polar surface area (TPSA) is 77.2 Å². The van der Waals surface area contributed by atoms with Gasteiger partial charge in [0.15, 0.2) is 4.24 Å². The number of benzene rings is 1. The minimum atomic E-state index is -0.641. The van der Waals surface area contributed by atoms with Crippen LogP contribution in [-0.4, -0.2) is 47.9 Å². The van der Waals surface area contributed by atoms with Crippen molar-refractivity contribution in [2.45, 2.75) is 27.7 Å². The van der Waals surface area contributed by atoms with E-state index in [0.717, 1.165) is 23.4 Å². The van der Waals surface area contributed by atoms with Gasteiger partial charge in [-0.2, -0.15) is 0 Å². The third-order valence-electron chi connectivity index (χ3n) is 5.17. The summed E-state index contributed by atoms with van der Waals surface area (Å²) in [6.45, 7) is 9.71. The van der Waals surface area contributed by atoms with Crippen molar-refractivity contribution in [1.29, 1.82) is 0 Å². The van der Waals surface area contributed by atoms with Gasteiger partial charge in [0.05, 0.1) is 11.1 Å². The number of aromatic nitrogens is 1. The predicted molar refractivity (Wildman–Crippen MR) is 113 cm³/mol. The molecule has 0 fully saturated rings. The molecule has 2 heterocycles. The second-order valence-corrected chi connectivity index (χ2v) is 6.93. The first kappa shape index (κ1) is 17.0. The predicted octanol–water partition coefficient (Wildman–Crippen LogP) is 3.33. The Morgan fingerprint density at radius 3 is 2.76 bits per heavy atom. The minimum absolute atomic E-state index is 0.0758. The van der Waals surface area contributed by atoms with Crippen molar-refractivity contribution >= 4 is 29.2 Å². The fourth-order valence-corrected chi connectivity index (χ4v) is 3.47. The fourth-order valence-electron chi connectivity index (χ4n) is 3.47. The number of anilines is 1. The molecule has 0 bridgehead atoms. The molecule has 7 heteroatoms. The van der Waals surface area contributed by atoms with E-state index in [2.05, 4.69) is 4.90 Å². The molecule has 0 spiro atoms. The van der Waals surface area contributed by atoms with Crippen LogP contribution < -0.4 is 10.6 Å². The Balaban J connectivity index is 1.98. The van der Waals surface area contributed by atoms with Crippen LogP contribution in [-0.2, 0) is 4.79 Å². The molecule has 1 aromatic carbocycles. The molecule has 29 heavy (non-hydrogen) atoms. The van der Waals surface area contributed by atoms with Crippen LogP contribution in [0.4, 0.5) is 10.1 Å². The monoisotopic (exact) mass is 401 g/mol. The Hall–Kier alpha value is -2.93. The lowest BCUT2D eigenvalue weighted by Gasteiger charge is -2.18. The summed E-state index contributed by atoms with van der Waals surface area (Å²) in [4.78, 5) is 28.7. The van der Waals surface area contributed by atoms with E-state index in [0.29, 0.717) is 23.1 Å². The van der Waals surface area contributed by atoms with E-state index >= 15 is 0 Å². The highest BCUT2D eigenvalue weighted by atomic mass is 19.1. The van der Waals surface area contributed by atoms with Crippen molar-refractivity contribution in [3.63, 3.8) is 0 Å². The first-order valence-electron chi connectivity index (χ1n) is 11.1. The van der Waals surface area contributed by atoms with Gasteiger partial charge < -0.3 is 20.5 Å². The van der Waals surface area contributed by atoms with E-state index in [1.54, 1.807) is 13.8 Å². The molecule has 0 saturated carbocycles. The molecule has 0 saturated heterocycles. The maximum absolute atomic E-state index is 13.8. The summed E-state index contributed by atoms with van der Waals surface area (Å²) >= 11 is 0. The van der Waals surface area contributed by atoms with Gasteiger partial charge in [0.25, 0.3) is 11.8 Å². The van der Waals surface area contributed by atoms with Crippen LogP contribution in [0.3, 0.4) is 0 Å². The molecule has 0 aliphatic carbocycles. The van der Waals surface area contributed by atoms with E-state index < -0.39 is 17.6 Å². The number of halogens is 1. The van der Waals surface area contributed by atoms with Crippen LogP contribution in [0, 0.1) is 19.7 Å². The number of hydrogen-bond donors (Lipinski definition) is 3. The second-order valence-electron chi connectivity index (χ2n) is 6.93. The summed E-state index contributed by atoms with van der Waals surface area (Å²) in [6.07, 6.45) is 1.41. The number of aromatic amines is 1. The number of rotatable bonds is 7. The van der Waals surface area contributed by atoms with Crippen LogP contribution in [0.15, 0.2) is 18.2 Å². The van der Waals surface area contributed by atoms with E-state index in [1.165, 1.54) is 24.3 Å². The average Bonchev–Trinajstić information content (AvgIpc) is 3.13. The normalized spacial score (nSPS) is 16.2. The van der Waals surface area contributed by atoms with Crippen molar-refractivity contribution in [2.75, 3.05) is 31.5 Å². The molecular weight excluding hydrogens is 371 g/mol. The highest BCUT2D eigenvalue weighted by Gasteiger charge is 2.26. The summed E-state index contributed by atoms with van der Waals surface area (Å²) < 4.78 is 38.3. The van der Waals surface area contributed by atoms with Gasteiger partial charge in [-0.25, -0.2) is 4.39 Å². The fraction of sp³-hybridized carbons (Fsp3) is 0.364. The van der Waals surface area contributed by atoms with Crippen LogP contribution >= 0.6 is 0 Å². The summed E-state index contributed by atoms with van der Waals surface area (Å²) in [5.74, 6) is -1.71. The lowest BCUT2D eigenvalue weighted by Crippen LogP contribution is -2.35. The number of likely N-dealkylation sites (N-methyl/N-ethyl adjacent to an activating group) is 1. The van der Waals surface area contributed by atoms with Crippen molar-refractivity contribution in [3.05, 3.63) is 52.1 Å². The van der Waals surface area contributed by atoms with Gasteiger partial charge in [0.1, 0.15) is 5.82 Å². The molecule has 0 unspecified atom stereocenters. The number of nitrogens with one attached hydrogen (secondary N) is 3. The first-order valence-corrected chi connectivity index (χ1v) is 9.71. The highest BCUT2D eigenvalue weighted by molar-refractivity contribution is 6.34. The van der Waals surface area contributed by atoms with E-state index in [-0.39, 0.29) is 34.6 Å². The van der Waals surface area contributed by atoms with Gasteiger partial charge in [0, 0.05) is 35.7 Å². The Morgan fingerprint density at radius 2 is 2.07 bits per heavy atom. The van der Waals surface area contributed by atoms with E-state index in [9.17, 15) is 14.0 Å². The van der Waals surface area contributed by atoms with Crippen LogP contribution in [0.5, 0.6) is 0 Å². The van der Waals surface area contributed by atoms with Crippen LogP contribution in [0.1, 0.15) is 46.7 Å². The molecule has 0 atom stereocenters. The lowest BCUT2D eigenvalue weighted by atomic mass is 10.0. The molecule has 1 aliphatic rings. The molecule has 6 nitrogen and oxygen atoms in total. The molecular formula is C22H27FN4O2. The van der Waals surface area contributed by atoms with Crippen molar-refractivity contribution < 1.29 is 18.2 Å². The molecule has 0 radical (unpaired) electrons. The van der Waals surface area contributed by atoms with Gasteiger partial charge in [-0.1, -0.05) is 13.8 Å². The highest BCUT2D eigenvalue weighted by Crippen LogP contribution is 2.34. The Morgan fingerprint density at radius 1 is 1.34 bits per heavy atom. The maximum Gasteiger partial charge on any atom is 0.256 e. The van der Waals surface area contributed by atoms with Crippen molar-refractivity contribution in [3.8, 4) is 0 Å². The number of amides is 2. The first-order chi connectivity index (χ1) is 15.1. The van der Waals surface area contributed by atoms with Gasteiger partial charge in [-0.15, -0.1) is 0 Å². The zero-order valence-corrected chi connectivity index (χ0v) is 17.1. The lowest BCUT2D eigenvalue weighted by molar-refractivity contribution is -0.110. The van der Waals surface area contributed by atoms with Gasteiger partial charge >= 0.3 is 0 Å². The Labute approximate surface area is 174 Å². The van der Waals surface area contributed by atoms with Gasteiger partial charge in [0.2, 0.25) is 0 Å². The van der Waals surface area contributed by atoms with Crippen molar-refractivity contribution in [2.24, 2.45) is 0 Å². The molecule has 3 rings (SSSR count). The summed E-state index contributed by atoms with van der Waals surface area (Å²) in [5, 5.41) is 1.58. The van der Waals surface area contributed by atoms with Crippen LogP contribution in [0.2, 0.25) is 4.24 Å². The average molecular weight is 402 g/mol. The number of fused-ring (bicyclic) bond motifs is 1. The number of nitrogens with zero attached hydrogens (tertiary/aromatic N) is 1. The number of carbonyl (C=O) groups excluding carboxylic acids is 2. The van der Waals surface area contributed by atoms with Gasteiger partial charge in [-0.05, 0) is 56.8 Å². The summed E-state index contributed by atoms with van der Waals surface area (Å²) in [6, 6.07) is 3.71. The van der Waals surface area contributed by atoms with E-state index in [1.807, 2.05) is 13.8 Å². The second kappa shape index (κ2) is 8.61. The minimum Gasteiger partial charge on any atom is -0.358 e. The number of hydrogen-bond acceptors (Lipinski definition) is 3. The third-order valence-corrected chi connectivity index (χ3v) is 5.17. The summed E-state index contributed by atoms with van der Waals surface area (Å²) in [5.41, 5.74) is 1.89. The van der Waals surface area contributed by atoms with E-state index in [4.69, 9.17) is 4.24 Å². The van der Waals surface area contributed by atoms with Crippen LogP contribution in [0.25, 0.3) is 11.6 Å². The Kier molecular flexibility index (Phi) is 5.04. The zero-order chi connectivity index (χ0) is 23.7. The summed E-state index contributed by atoms with van der Waals surface area (Å²) in [7, 11) is 0. The molecule has 2 aromatic rings. The molecule has 1 aliphatic heterocycles. The van der Waals surface area contributed by atoms with Gasteiger partial charge in [-0.3, -0.25) is 9.59 Å². The number of H-pyrrole nitrogens is 1. The smallest absolute Gasteiger partial charge is 0.256 e. The molecule has 1 aromatic heterocycles. The quantitative estimate of drug-likeness (QED) is 0.623. The maximum atomic E-state index is 13.8. The standard InChI is InChI=1S/C22H27FN4O2/c1-5-27(6-2)10-9-24-22(29)20-13(3)19(25-14(20)4)12-17-16-11-15(23)7-8-18(16)26-21(17)28/h7-8,11-12,25H,5-6,9-10H2,1-4H3,(H,24,29)(H,26,28)/b17-12-/i/hD3. The Bertz CT molecular complexity index is 1100. The number of carbonyl (C=O) groups is 2. The SMILES string of the molecule is [2H]N(CCN(CC)CC)C(=O)c1c(C)c(/C=C2\C(=O)N([2H])c3ccc(F)cc32)n([2H])c1C. The molecule has 3 N–H and O–H groups in total. The largest absolute Gasteiger partial charge is 0.358 e. The molecule has 154 valence electrons. The third kappa shape index (κ3) is 4.24. The zero-order valence-electron chi connectivity index (χ0n) is 20.1. The van der Waals surface area contributed by atoms with Crippen molar-refractivity contribution in [1.82, 2.24) is 15.2 Å².